The van der Waals surface area contributed by atoms with Crippen LogP contribution >= 0.6 is 35.0 Å². The zero-order valence-electron chi connectivity index (χ0n) is 20.3. The van der Waals surface area contributed by atoms with Crippen molar-refractivity contribution in [3.63, 3.8) is 0 Å². The molecule has 2 amide bonds. The number of alkyl halides is 1. The van der Waals surface area contributed by atoms with Gasteiger partial charge in [-0.1, -0.05) is 61.3 Å². The van der Waals surface area contributed by atoms with Gasteiger partial charge in [0.15, 0.2) is 0 Å². The predicted octanol–water partition coefficient (Wildman–Crippen LogP) is 6.24. The second kappa shape index (κ2) is 15.0. The van der Waals surface area contributed by atoms with Gasteiger partial charge in [-0.2, -0.15) is 0 Å². The zero-order valence-corrected chi connectivity index (χ0v) is 22.7. The molecule has 1 aliphatic heterocycles. The summed E-state index contributed by atoms with van der Waals surface area (Å²) >= 11 is 14.1. The molecule has 0 aromatic heterocycles. The number of carbonyl (C=O) groups excluding carboxylic acids is 2. The summed E-state index contributed by atoms with van der Waals surface area (Å²) in [6.07, 6.45) is 2.31. The van der Waals surface area contributed by atoms with Crippen LogP contribution in [0.25, 0.3) is 6.08 Å². The highest BCUT2D eigenvalue weighted by Crippen LogP contribution is 2.39. The number of hydrogen-bond acceptors (Lipinski definition) is 4. The van der Waals surface area contributed by atoms with Crippen LogP contribution in [0, 0.1) is 5.82 Å². The highest BCUT2D eigenvalue weighted by molar-refractivity contribution is 7.99. The van der Waals surface area contributed by atoms with Gasteiger partial charge in [0.2, 0.25) is 5.91 Å². The Hall–Kier alpha value is -2.62. The third-order valence-corrected chi connectivity index (χ3v) is 7.20. The molecule has 200 valence electrons. The van der Waals surface area contributed by atoms with E-state index in [0.717, 1.165) is 4.90 Å². The molecule has 37 heavy (non-hydrogen) atoms. The fourth-order valence-electron chi connectivity index (χ4n) is 3.28. The Morgan fingerprint density at radius 2 is 1.70 bits per heavy atom. The summed E-state index contributed by atoms with van der Waals surface area (Å²) in [4.78, 5) is 37.6. The first-order chi connectivity index (χ1) is 17.6. The average molecular weight is 573 g/mol. The molecule has 0 bridgehead atoms. The predicted molar refractivity (Wildman–Crippen MR) is 142 cm³/mol. The lowest BCUT2D eigenvalue weighted by molar-refractivity contribution is -0.148. The van der Waals surface area contributed by atoms with Gasteiger partial charge in [0.05, 0.1) is 10.0 Å². The number of halogens is 4. The van der Waals surface area contributed by atoms with Gasteiger partial charge < -0.3 is 15.3 Å². The van der Waals surface area contributed by atoms with Crippen molar-refractivity contribution < 1.29 is 28.3 Å². The van der Waals surface area contributed by atoms with Crippen molar-refractivity contribution in [3.8, 4) is 0 Å². The fourth-order valence-corrected chi connectivity index (χ4v) is 4.71. The number of carboxylic acid groups (broad SMARTS) is 1. The molecule has 0 radical (unpaired) electrons. The third-order valence-electron chi connectivity index (χ3n) is 5.12. The van der Waals surface area contributed by atoms with E-state index in [1.54, 1.807) is 35.2 Å². The molecule has 2 N–H and O–H groups in total. The van der Waals surface area contributed by atoms with Crippen molar-refractivity contribution >= 4 is 58.8 Å². The summed E-state index contributed by atoms with van der Waals surface area (Å²) < 4.78 is 26.3. The first-order valence-electron chi connectivity index (χ1n) is 11.6. The normalized spacial score (nSPS) is 14.6. The molecule has 0 saturated carbocycles. The first kappa shape index (κ1) is 30.6. The van der Waals surface area contributed by atoms with E-state index in [2.05, 4.69) is 19.2 Å². The Morgan fingerprint density at radius 3 is 2.27 bits per heavy atom. The molecule has 1 saturated heterocycles. The lowest BCUT2D eigenvalue weighted by atomic mass is 10.0. The van der Waals surface area contributed by atoms with Crippen molar-refractivity contribution in [3.05, 3.63) is 63.9 Å². The fraction of sp³-hybridized carbons (Fsp3) is 0.346. The van der Waals surface area contributed by atoms with Gasteiger partial charge >= 0.3 is 5.97 Å². The Morgan fingerprint density at radius 1 is 1.11 bits per heavy atom. The molecule has 2 aromatic carbocycles. The van der Waals surface area contributed by atoms with E-state index in [1.165, 1.54) is 36.4 Å². The molecule has 0 spiro atoms. The number of nitrogens with zero attached hydrogens (tertiary/aromatic N) is 1. The number of amides is 2. The van der Waals surface area contributed by atoms with Crippen LogP contribution in [-0.4, -0.2) is 53.1 Å². The average Bonchev–Trinajstić information content (AvgIpc) is 2.87. The van der Waals surface area contributed by atoms with Gasteiger partial charge in [0.25, 0.3) is 12.1 Å². The number of hydrogen-bond donors (Lipinski definition) is 2. The van der Waals surface area contributed by atoms with Crippen molar-refractivity contribution in [1.29, 1.82) is 0 Å². The van der Waals surface area contributed by atoms with Crippen LogP contribution in [0.15, 0.2) is 52.3 Å². The van der Waals surface area contributed by atoms with E-state index in [1.807, 2.05) is 0 Å². The van der Waals surface area contributed by atoms with Gasteiger partial charge in [-0.15, -0.1) is 0 Å². The Labute approximate surface area is 229 Å². The SMILES string of the molecule is CCC.O=C(O)C(F)C(=O)NC1CCN(C(=O)/C=C/c2ccc(Sc3ccc(F)cc3)c(Cl)c2Cl)CC1. The molecule has 1 unspecified atom stereocenters. The lowest BCUT2D eigenvalue weighted by Crippen LogP contribution is -2.49. The van der Waals surface area contributed by atoms with Crippen molar-refractivity contribution in [2.24, 2.45) is 0 Å². The number of aliphatic carboxylic acids is 1. The molecule has 1 heterocycles. The van der Waals surface area contributed by atoms with Crippen LogP contribution < -0.4 is 5.32 Å². The topological polar surface area (TPSA) is 86.7 Å². The molecule has 1 aliphatic rings. The summed E-state index contributed by atoms with van der Waals surface area (Å²) in [5.41, 5.74) is 0.549. The molecule has 0 aliphatic carbocycles. The summed E-state index contributed by atoms with van der Waals surface area (Å²) in [5, 5.41) is 11.5. The highest BCUT2D eigenvalue weighted by Gasteiger charge is 2.29. The van der Waals surface area contributed by atoms with E-state index in [4.69, 9.17) is 28.3 Å². The minimum absolute atomic E-state index is 0.268. The Kier molecular flexibility index (Phi) is 12.4. The van der Waals surface area contributed by atoms with Crippen LogP contribution in [-0.2, 0) is 14.4 Å². The van der Waals surface area contributed by atoms with Crippen LogP contribution in [0.3, 0.4) is 0 Å². The Bertz CT molecular complexity index is 1120. The summed E-state index contributed by atoms with van der Waals surface area (Å²) in [6.45, 7) is 4.89. The number of carbonyl (C=O) groups is 3. The van der Waals surface area contributed by atoms with Crippen LogP contribution in [0.4, 0.5) is 8.78 Å². The number of piperidine rings is 1. The summed E-state index contributed by atoms with van der Waals surface area (Å²) in [5.74, 6) is -3.63. The minimum Gasteiger partial charge on any atom is -0.479 e. The van der Waals surface area contributed by atoms with E-state index in [-0.39, 0.29) is 16.7 Å². The van der Waals surface area contributed by atoms with Gasteiger partial charge in [0.1, 0.15) is 5.82 Å². The molecular weight excluding hydrogens is 545 g/mol. The van der Waals surface area contributed by atoms with Gasteiger partial charge in [-0.25, -0.2) is 13.6 Å². The largest absolute Gasteiger partial charge is 0.479 e. The molecule has 2 aromatic rings. The standard InChI is InChI=1S/C23H20Cl2F2N2O4S.C3H8/c24-19-13(1-7-17(20(19)25)34-16-5-3-14(26)4-6-16)2-8-18(30)29-11-9-15(10-12-29)28-22(31)21(27)23(32)33;1-3-2/h1-8,15,21H,9-12H2,(H,28,31)(H,32,33);3H2,1-2H3/b8-2+;. The molecule has 11 heteroatoms. The first-order valence-corrected chi connectivity index (χ1v) is 13.2. The smallest absolute Gasteiger partial charge is 0.348 e. The Balaban J connectivity index is 0.00000153. The maximum Gasteiger partial charge on any atom is 0.348 e. The van der Waals surface area contributed by atoms with Crippen LogP contribution in [0.1, 0.15) is 38.7 Å². The summed E-state index contributed by atoms with van der Waals surface area (Å²) in [7, 11) is 0. The lowest BCUT2D eigenvalue weighted by Gasteiger charge is -2.31. The monoisotopic (exact) mass is 572 g/mol. The van der Waals surface area contributed by atoms with Crippen molar-refractivity contribution in [2.45, 2.75) is 55.1 Å². The minimum atomic E-state index is -2.61. The second-order valence-electron chi connectivity index (χ2n) is 8.19. The zero-order chi connectivity index (χ0) is 27.5. The quantitative estimate of drug-likeness (QED) is 0.303. The number of benzene rings is 2. The van der Waals surface area contributed by atoms with Crippen molar-refractivity contribution in [2.75, 3.05) is 13.1 Å². The number of likely N-dealkylation sites (tertiary alicyclic amines) is 1. The molecule has 1 atom stereocenters. The van der Waals surface area contributed by atoms with Crippen LogP contribution in [0.5, 0.6) is 0 Å². The van der Waals surface area contributed by atoms with E-state index in [0.29, 0.717) is 41.4 Å². The molecular formula is C26H28Cl2F2N2O4S. The maximum atomic E-state index is 13.2. The van der Waals surface area contributed by atoms with Gasteiger partial charge in [-0.3, -0.25) is 9.59 Å². The molecule has 1 fully saturated rings. The van der Waals surface area contributed by atoms with Crippen molar-refractivity contribution in [1.82, 2.24) is 10.2 Å². The summed E-state index contributed by atoms with van der Waals surface area (Å²) in [6, 6.07) is 9.05. The number of carboxylic acids is 1. The van der Waals surface area contributed by atoms with E-state index in [9.17, 15) is 23.2 Å². The van der Waals surface area contributed by atoms with E-state index < -0.39 is 24.1 Å². The second-order valence-corrected chi connectivity index (χ2v) is 10.1. The highest BCUT2D eigenvalue weighted by atomic mass is 35.5. The number of nitrogens with one attached hydrogen (secondary N) is 1. The van der Waals surface area contributed by atoms with Gasteiger partial charge in [-0.05, 0) is 54.8 Å². The maximum absolute atomic E-state index is 13.2. The molecule has 6 nitrogen and oxygen atoms in total. The van der Waals surface area contributed by atoms with Crippen LogP contribution in [0.2, 0.25) is 10.0 Å². The van der Waals surface area contributed by atoms with Gasteiger partial charge in [0, 0.05) is 35.0 Å². The number of rotatable bonds is 7. The van der Waals surface area contributed by atoms with E-state index >= 15 is 0 Å². The molecule has 3 rings (SSSR count). The third kappa shape index (κ3) is 9.32.